The molecule has 12 heavy (non-hydrogen) atoms. The number of nitrogens with one attached hydrogen (secondary N) is 1. The summed E-state index contributed by atoms with van der Waals surface area (Å²) in [4.78, 5) is 0. The van der Waals surface area contributed by atoms with Gasteiger partial charge in [0.25, 0.3) is 0 Å². The molecule has 4 heteroatoms. The van der Waals surface area contributed by atoms with Crippen molar-refractivity contribution in [2.75, 3.05) is 7.11 Å². The van der Waals surface area contributed by atoms with Crippen LogP contribution in [0.1, 0.15) is 0 Å². The number of rotatable bonds is 1. The summed E-state index contributed by atoms with van der Waals surface area (Å²) < 4.78 is 10.7. The maximum absolute atomic E-state index is 5.08. The van der Waals surface area contributed by atoms with E-state index in [9.17, 15) is 0 Å². The number of hydrogen-bond donors (Lipinski definition) is 1. The van der Waals surface area contributed by atoms with Gasteiger partial charge in [0.2, 0.25) is 0 Å². The summed E-state index contributed by atoms with van der Waals surface area (Å²) in [6.07, 6.45) is 0. The van der Waals surface area contributed by atoms with Crippen molar-refractivity contribution in [3.8, 4) is 5.75 Å². The van der Waals surface area contributed by atoms with Gasteiger partial charge in [-0.1, -0.05) is 12.2 Å². The van der Waals surface area contributed by atoms with Crippen molar-refractivity contribution in [2.45, 2.75) is 0 Å². The van der Waals surface area contributed by atoms with Gasteiger partial charge in [0.05, 0.1) is 12.5 Å². The molecule has 1 heterocycles. The van der Waals surface area contributed by atoms with Gasteiger partial charge in [-0.05, 0) is 12.1 Å². The molecule has 0 aliphatic carbocycles. The third kappa shape index (κ3) is 1.00. The summed E-state index contributed by atoms with van der Waals surface area (Å²) in [5, 5.41) is 3.52. The Balaban J connectivity index is 2.77. The number of fused-ring (bicyclic) bond motifs is 1. The van der Waals surface area contributed by atoms with Crippen molar-refractivity contribution < 1.29 is 9.26 Å². The van der Waals surface area contributed by atoms with Gasteiger partial charge in [-0.2, -0.15) is 0 Å². The number of benzene rings is 1. The van der Waals surface area contributed by atoms with Gasteiger partial charge in [-0.15, -0.1) is 0 Å². The van der Waals surface area contributed by atoms with Gasteiger partial charge in [0.1, 0.15) is 10.4 Å². The number of aromatic amines is 1. The van der Waals surface area contributed by atoms with E-state index >= 15 is 0 Å². The number of H-pyrrole nitrogens is 1. The number of hydrogen-bond acceptors (Lipinski definition) is 3. The van der Waals surface area contributed by atoms with E-state index in [4.69, 9.17) is 21.5 Å². The van der Waals surface area contributed by atoms with Crippen LogP contribution in [0.3, 0.4) is 0 Å². The lowest BCUT2D eigenvalue weighted by Crippen LogP contribution is -1.80. The normalized spacial score (nSPS) is 10.4. The largest absolute Gasteiger partial charge is 0.497 e. The summed E-state index contributed by atoms with van der Waals surface area (Å²) in [6.45, 7) is 0. The molecule has 0 aliphatic heterocycles. The zero-order chi connectivity index (χ0) is 8.55. The van der Waals surface area contributed by atoms with Crippen molar-refractivity contribution in [3.63, 3.8) is 0 Å². The smallest absolute Gasteiger partial charge is 0.169 e. The predicted molar refractivity (Wildman–Crippen MR) is 48.0 cm³/mol. The Morgan fingerprint density at radius 3 is 3.08 bits per heavy atom. The molecule has 0 radical (unpaired) electrons. The van der Waals surface area contributed by atoms with Crippen LogP contribution in [0.25, 0.3) is 11.0 Å². The molecule has 0 amide bonds. The Labute approximate surface area is 73.9 Å². The van der Waals surface area contributed by atoms with Crippen molar-refractivity contribution in [2.24, 2.45) is 0 Å². The van der Waals surface area contributed by atoms with E-state index < -0.39 is 0 Å². The second-order valence-corrected chi connectivity index (χ2v) is 2.80. The average molecular weight is 181 g/mol. The first-order valence-electron chi connectivity index (χ1n) is 3.46. The minimum absolute atomic E-state index is 0.618. The minimum Gasteiger partial charge on any atom is -0.497 e. The summed E-state index contributed by atoms with van der Waals surface area (Å²) in [5.74, 6) is 0.764. The fourth-order valence-corrected chi connectivity index (χ4v) is 1.27. The molecular weight excluding hydrogens is 174 g/mol. The fourth-order valence-electron chi connectivity index (χ4n) is 1.06. The molecule has 62 valence electrons. The molecule has 2 aromatic rings. The molecule has 1 aromatic carbocycles. The van der Waals surface area contributed by atoms with E-state index in [0.29, 0.717) is 4.64 Å². The standard InChI is InChI=1S/C8H7NO2S/c1-10-5-2-3-6-7(4-5)11-9-8(6)12/h2-4H,1H3,(H,9,12). The van der Waals surface area contributed by atoms with Crippen molar-refractivity contribution in [3.05, 3.63) is 22.8 Å². The highest BCUT2D eigenvalue weighted by Crippen LogP contribution is 2.20. The van der Waals surface area contributed by atoms with Crippen LogP contribution in [0.15, 0.2) is 22.7 Å². The maximum Gasteiger partial charge on any atom is 0.169 e. The van der Waals surface area contributed by atoms with E-state index in [2.05, 4.69) is 5.16 Å². The second kappa shape index (κ2) is 2.64. The van der Waals surface area contributed by atoms with Gasteiger partial charge in [0.15, 0.2) is 5.58 Å². The lowest BCUT2D eigenvalue weighted by Gasteiger charge is -1.95. The fraction of sp³-hybridized carbons (Fsp3) is 0.125. The van der Waals surface area contributed by atoms with Gasteiger partial charge < -0.3 is 9.26 Å². The molecule has 1 aromatic heterocycles. The Kier molecular flexibility index (Phi) is 1.62. The molecule has 0 bridgehead atoms. The van der Waals surface area contributed by atoms with E-state index in [1.54, 1.807) is 13.2 Å². The van der Waals surface area contributed by atoms with Crippen LogP contribution in [0.4, 0.5) is 0 Å². The van der Waals surface area contributed by atoms with Gasteiger partial charge in [-0.3, -0.25) is 0 Å². The highest BCUT2D eigenvalue weighted by atomic mass is 32.1. The second-order valence-electron chi connectivity index (χ2n) is 2.40. The van der Waals surface area contributed by atoms with Gasteiger partial charge in [-0.25, -0.2) is 5.16 Å². The van der Waals surface area contributed by atoms with E-state index in [0.717, 1.165) is 16.7 Å². The monoisotopic (exact) mass is 181 g/mol. The number of ether oxygens (including phenoxy) is 1. The minimum atomic E-state index is 0.618. The topological polar surface area (TPSA) is 38.2 Å². The third-order valence-corrected chi connectivity index (χ3v) is 1.99. The SMILES string of the molecule is COc1ccc2c(=S)[nH]oc2c1. The molecule has 0 unspecified atom stereocenters. The third-order valence-electron chi connectivity index (χ3n) is 1.69. The van der Waals surface area contributed by atoms with Crippen molar-refractivity contribution in [1.82, 2.24) is 5.16 Å². The van der Waals surface area contributed by atoms with Crippen LogP contribution in [-0.4, -0.2) is 12.3 Å². The summed E-state index contributed by atoms with van der Waals surface area (Å²) in [7, 11) is 1.61. The maximum atomic E-state index is 5.08. The first kappa shape index (κ1) is 7.36. The first-order chi connectivity index (χ1) is 5.81. The average Bonchev–Trinajstić information content (AvgIpc) is 2.47. The van der Waals surface area contributed by atoms with E-state index in [1.165, 1.54) is 0 Å². The lowest BCUT2D eigenvalue weighted by molar-refractivity contribution is 0.411. The van der Waals surface area contributed by atoms with Crippen LogP contribution in [0.5, 0.6) is 5.75 Å². The molecule has 2 rings (SSSR count). The molecule has 0 saturated carbocycles. The van der Waals surface area contributed by atoms with Gasteiger partial charge in [0, 0.05) is 6.07 Å². The molecule has 0 fully saturated rings. The van der Waals surface area contributed by atoms with Crippen LogP contribution < -0.4 is 4.74 Å². The predicted octanol–water partition coefficient (Wildman–Crippen LogP) is 2.50. The first-order valence-corrected chi connectivity index (χ1v) is 3.87. The quantitative estimate of drug-likeness (QED) is 0.687. The van der Waals surface area contributed by atoms with Crippen molar-refractivity contribution >= 4 is 23.2 Å². The molecule has 0 spiro atoms. The molecule has 3 nitrogen and oxygen atoms in total. The van der Waals surface area contributed by atoms with Crippen molar-refractivity contribution in [1.29, 1.82) is 0 Å². The summed E-state index contributed by atoms with van der Waals surface area (Å²) in [5.41, 5.74) is 0.722. The van der Waals surface area contributed by atoms with Crippen LogP contribution >= 0.6 is 12.2 Å². The van der Waals surface area contributed by atoms with Crippen LogP contribution in [0.2, 0.25) is 0 Å². The molecule has 1 N–H and O–H groups in total. The number of methoxy groups -OCH3 is 1. The lowest BCUT2D eigenvalue weighted by atomic mass is 10.2. The molecule has 0 saturated heterocycles. The van der Waals surface area contributed by atoms with Crippen LogP contribution in [0, 0.1) is 4.64 Å². The zero-order valence-electron chi connectivity index (χ0n) is 6.46. The number of aromatic nitrogens is 1. The van der Waals surface area contributed by atoms with Gasteiger partial charge >= 0.3 is 0 Å². The molecule has 0 aliphatic rings. The highest BCUT2D eigenvalue weighted by Gasteiger charge is 2.00. The Bertz CT molecular complexity index is 457. The summed E-state index contributed by atoms with van der Waals surface area (Å²) in [6, 6.07) is 5.51. The van der Waals surface area contributed by atoms with E-state index in [1.807, 2.05) is 12.1 Å². The Morgan fingerprint density at radius 2 is 2.33 bits per heavy atom. The molecule has 0 atom stereocenters. The molecular formula is C8H7NO2S. The Hall–Kier alpha value is -1.29. The summed E-state index contributed by atoms with van der Waals surface area (Å²) >= 11 is 4.98. The van der Waals surface area contributed by atoms with E-state index in [-0.39, 0.29) is 0 Å². The highest BCUT2D eigenvalue weighted by molar-refractivity contribution is 7.71. The van der Waals surface area contributed by atoms with Crippen LogP contribution in [-0.2, 0) is 0 Å². The zero-order valence-corrected chi connectivity index (χ0v) is 7.27. The Morgan fingerprint density at radius 1 is 1.50 bits per heavy atom.